The number of carbonyl (C=O) groups is 1. The molecule has 1 N–H and O–H groups in total. The van der Waals surface area contributed by atoms with E-state index in [1.807, 2.05) is 0 Å². The van der Waals surface area contributed by atoms with Crippen molar-refractivity contribution >= 4 is 33.7 Å². The molecule has 1 heterocycles. The fraction of sp³-hybridized carbons (Fsp3) is 0.0968. The van der Waals surface area contributed by atoms with E-state index >= 15 is 0 Å². The van der Waals surface area contributed by atoms with Gasteiger partial charge in [-0.2, -0.15) is 39.5 Å². The van der Waals surface area contributed by atoms with E-state index in [0.29, 0.717) is 0 Å². The summed E-state index contributed by atoms with van der Waals surface area (Å²) < 4.78 is 121. The molecule has 14 heteroatoms. The smallest absolute Gasteiger partial charge is 0.455 e. The number of aromatic hydroxyl groups is 1. The third kappa shape index (κ3) is 5.95. The van der Waals surface area contributed by atoms with E-state index in [0.717, 1.165) is 59.2 Å². The number of aromatic nitrogens is 1. The third-order valence-electron chi connectivity index (χ3n) is 6.79. The number of rotatable bonds is 5. The average Bonchev–Trinajstić information content (AvgIpc) is 2.97. The van der Waals surface area contributed by atoms with Crippen LogP contribution in [0.2, 0.25) is 0 Å². The second-order valence-corrected chi connectivity index (χ2v) is 9.65. The van der Waals surface area contributed by atoms with Gasteiger partial charge in [-0.05, 0) is 78.9 Å². The fourth-order valence-electron chi connectivity index (χ4n) is 4.73. The summed E-state index contributed by atoms with van der Waals surface area (Å²) in [4.78, 5) is 26.9. The summed E-state index contributed by atoms with van der Waals surface area (Å²) in [6.45, 7) is 0. The Morgan fingerprint density at radius 2 is 1.11 bits per heavy atom. The van der Waals surface area contributed by atoms with Gasteiger partial charge in [0, 0.05) is 28.1 Å². The number of halogens is 9. The molecule has 0 unspecified atom stereocenters. The Balaban J connectivity index is 1.80. The second-order valence-electron chi connectivity index (χ2n) is 9.65. The predicted octanol–water partition coefficient (Wildman–Crippen LogP) is 8.95. The summed E-state index contributed by atoms with van der Waals surface area (Å²) in [7, 11) is 0. The lowest BCUT2D eigenvalue weighted by Gasteiger charge is -2.27. The van der Waals surface area contributed by atoms with Gasteiger partial charge in [0.05, 0.1) is 16.6 Å². The van der Waals surface area contributed by atoms with E-state index < -0.39 is 52.3 Å². The molecule has 0 saturated carbocycles. The van der Waals surface area contributed by atoms with Crippen LogP contribution in [-0.2, 0) is 12.4 Å². The van der Waals surface area contributed by atoms with Crippen LogP contribution in [0.4, 0.5) is 56.6 Å². The van der Waals surface area contributed by atoms with Crippen molar-refractivity contribution in [3.8, 4) is 11.4 Å². The summed E-state index contributed by atoms with van der Waals surface area (Å²) >= 11 is 0. The summed E-state index contributed by atoms with van der Waals surface area (Å²) in [5, 5.41) is 10.4. The quantitative estimate of drug-likeness (QED) is 0.155. The number of fused-ring (bicyclic) bond motifs is 1. The molecule has 5 nitrogen and oxygen atoms in total. The largest absolute Gasteiger partial charge is 0.506 e. The van der Waals surface area contributed by atoms with Crippen LogP contribution in [-0.4, -0.2) is 21.6 Å². The third-order valence-corrected chi connectivity index (χ3v) is 6.79. The molecule has 5 rings (SSSR count). The molecule has 0 fully saturated rings. The maximum absolute atomic E-state index is 13.4. The van der Waals surface area contributed by atoms with Gasteiger partial charge in [0.25, 0.3) is 11.3 Å². The highest BCUT2D eigenvalue weighted by Crippen LogP contribution is 2.41. The summed E-state index contributed by atoms with van der Waals surface area (Å²) in [6, 6.07) is 17.8. The van der Waals surface area contributed by atoms with Crippen LogP contribution >= 0.6 is 0 Å². The number of carbonyl (C=O) groups excluding carboxylic acids is 1. The van der Waals surface area contributed by atoms with Crippen molar-refractivity contribution in [2.45, 2.75) is 18.5 Å². The van der Waals surface area contributed by atoms with E-state index in [2.05, 4.69) is 0 Å². The van der Waals surface area contributed by atoms with Gasteiger partial charge in [-0.3, -0.25) is 14.2 Å². The number of benzene rings is 4. The van der Waals surface area contributed by atoms with Crippen molar-refractivity contribution in [2.24, 2.45) is 0 Å². The number of ketones is 1. The van der Waals surface area contributed by atoms with Gasteiger partial charge in [-0.1, -0.05) is 18.2 Å². The first-order valence-electron chi connectivity index (χ1n) is 12.7. The second kappa shape index (κ2) is 11.0. The number of pyridine rings is 1. The highest BCUT2D eigenvalue weighted by atomic mass is 19.4. The van der Waals surface area contributed by atoms with Crippen LogP contribution in [0.3, 0.4) is 0 Å². The molecule has 45 heavy (non-hydrogen) atoms. The molecular weight excluding hydrogens is 619 g/mol. The molecule has 4 aromatic carbocycles. The van der Waals surface area contributed by atoms with Crippen LogP contribution in [0.25, 0.3) is 16.6 Å². The van der Waals surface area contributed by atoms with E-state index in [4.69, 9.17) is 0 Å². The summed E-state index contributed by atoms with van der Waals surface area (Å²) in [5.74, 6) is -3.84. The number of anilines is 3. The van der Waals surface area contributed by atoms with E-state index in [9.17, 15) is 54.2 Å². The van der Waals surface area contributed by atoms with Crippen molar-refractivity contribution in [3.05, 3.63) is 124 Å². The molecule has 0 saturated heterocycles. The van der Waals surface area contributed by atoms with Crippen LogP contribution in [0, 0.1) is 0 Å². The van der Waals surface area contributed by atoms with E-state index in [1.165, 1.54) is 41.3 Å². The van der Waals surface area contributed by atoms with Gasteiger partial charge in [0.1, 0.15) is 11.3 Å². The standard InChI is InChI=1S/C31H17F9N2O3/c32-29(33,34)17-6-10-20(11-7-17)41(21-12-8-18(9-13-21)30(35,36)37)22-14-15-23-24(16-22)42(19-4-2-1-3-5-19)28(45)25(26(23)43)27(44)31(38,39)40/h1-16,43H. The van der Waals surface area contributed by atoms with Crippen molar-refractivity contribution < 1.29 is 49.4 Å². The molecule has 0 radical (unpaired) electrons. The Morgan fingerprint density at radius 1 is 0.644 bits per heavy atom. The zero-order valence-corrected chi connectivity index (χ0v) is 22.3. The lowest BCUT2D eigenvalue weighted by atomic mass is 10.0. The van der Waals surface area contributed by atoms with Gasteiger partial charge < -0.3 is 10.0 Å². The first-order chi connectivity index (χ1) is 21.0. The van der Waals surface area contributed by atoms with Crippen molar-refractivity contribution in [1.82, 2.24) is 4.57 Å². The topological polar surface area (TPSA) is 62.5 Å². The fourth-order valence-corrected chi connectivity index (χ4v) is 4.73. The van der Waals surface area contributed by atoms with Crippen molar-refractivity contribution in [2.75, 3.05) is 4.90 Å². The van der Waals surface area contributed by atoms with Crippen molar-refractivity contribution in [1.29, 1.82) is 0 Å². The highest BCUT2D eigenvalue weighted by Gasteiger charge is 2.43. The van der Waals surface area contributed by atoms with Crippen molar-refractivity contribution in [3.63, 3.8) is 0 Å². The molecule has 0 bridgehead atoms. The maximum Gasteiger partial charge on any atom is 0.455 e. The van der Waals surface area contributed by atoms with Crippen LogP contribution < -0.4 is 10.5 Å². The van der Waals surface area contributed by atoms with Gasteiger partial charge in [-0.25, -0.2) is 0 Å². The first-order valence-corrected chi connectivity index (χ1v) is 12.7. The molecule has 5 aromatic rings. The molecular formula is C31H17F9N2O3. The Morgan fingerprint density at radius 3 is 1.56 bits per heavy atom. The average molecular weight is 636 g/mol. The minimum absolute atomic E-state index is 0.00325. The van der Waals surface area contributed by atoms with Crippen LogP contribution in [0.15, 0.2) is 102 Å². The lowest BCUT2D eigenvalue weighted by molar-refractivity contribution is -0.138. The summed E-state index contributed by atoms with van der Waals surface area (Å²) in [5.41, 5.74) is -5.20. The Labute approximate surface area is 247 Å². The number of Topliss-reactive ketones (excluding diaryl/α,β-unsaturated/α-hetero) is 1. The molecule has 1 aromatic heterocycles. The molecule has 0 atom stereocenters. The minimum atomic E-state index is -5.51. The monoisotopic (exact) mass is 636 g/mol. The molecule has 232 valence electrons. The Bertz CT molecular complexity index is 1890. The van der Waals surface area contributed by atoms with Gasteiger partial charge >= 0.3 is 18.5 Å². The zero-order chi connectivity index (χ0) is 32.9. The predicted molar refractivity (Wildman–Crippen MR) is 146 cm³/mol. The highest BCUT2D eigenvalue weighted by molar-refractivity contribution is 6.07. The van der Waals surface area contributed by atoms with E-state index in [-0.39, 0.29) is 33.7 Å². The van der Waals surface area contributed by atoms with Gasteiger partial charge in [0.15, 0.2) is 0 Å². The number of alkyl halides is 9. The number of nitrogens with zero attached hydrogens (tertiary/aromatic N) is 2. The first kappa shape index (κ1) is 31.2. The normalized spacial score (nSPS) is 12.4. The maximum atomic E-state index is 13.4. The molecule has 0 aliphatic rings. The number of para-hydroxylation sites is 1. The van der Waals surface area contributed by atoms with Crippen LogP contribution in [0.5, 0.6) is 5.75 Å². The van der Waals surface area contributed by atoms with Gasteiger partial charge in [0.2, 0.25) is 0 Å². The molecule has 0 spiro atoms. The van der Waals surface area contributed by atoms with Crippen LogP contribution in [0.1, 0.15) is 21.5 Å². The molecule has 0 amide bonds. The molecule has 0 aliphatic carbocycles. The lowest BCUT2D eigenvalue weighted by Crippen LogP contribution is -2.33. The SMILES string of the molecule is O=C(c1c(O)c2ccc(N(c3ccc(C(F)(F)F)cc3)c3ccc(C(F)(F)F)cc3)cc2n(-c2ccccc2)c1=O)C(F)(F)F. The van der Waals surface area contributed by atoms with Gasteiger partial charge in [-0.15, -0.1) is 0 Å². The Hall–Kier alpha value is -5.27. The number of hydrogen-bond donors (Lipinski definition) is 1. The Kier molecular flexibility index (Phi) is 7.63. The van der Waals surface area contributed by atoms with E-state index in [1.54, 1.807) is 6.07 Å². The minimum Gasteiger partial charge on any atom is -0.506 e. The molecule has 0 aliphatic heterocycles. The number of hydrogen-bond acceptors (Lipinski definition) is 4. The summed E-state index contributed by atoms with van der Waals surface area (Å²) in [6.07, 6.45) is -14.9. The zero-order valence-electron chi connectivity index (χ0n) is 22.3.